The van der Waals surface area contributed by atoms with Crippen LogP contribution in [0.5, 0.6) is 0 Å². The zero-order chi connectivity index (χ0) is 21.2. The van der Waals surface area contributed by atoms with Crippen LogP contribution in [0.15, 0.2) is 68.7 Å². The average molecular weight is 415 g/mol. The lowest BCUT2D eigenvalue weighted by atomic mass is 10.2. The van der Waals surface area contributed by atoms with Gasteiger partial charge in [-0.05, 0) is 30.3 Å². The highest BCUT2D eigenvalue weighted by Gasteiger charge is 2.19. The fourth-order valence-electron chi connectivity index (χ4n) is 2.48. The van der Waals surface area contributed by atoms with Gasteiger partial charge in [-0.25, -0.2) is 17.5 Å². The van der Waals surface area contributed by atoms with Crippen molar-refractivity contribution >= 4 is 32.8 Å². The van der Waals surface area contributed by atoms with Crippen molar-refractivity contribution in [1.29, 1.82) is 0 Å². The van der Waals surface area contributed by atoms with Gasteiger partial charge in [-0.15, -0.1) is 0 Å². The number of hydrogen-bond donors (Lipinski definition) is 2. The Hall–Kier alpha value is -3.50. The van der Waals surface area contributed by atoms with E-state index in [9.17, 15) is 22.8 Å². The summed E-state index contributed by atoms with van der Waals surface area (Å²) in [4.78, 5) is 36.5. The van der Waals surface area contributed by atoms with Gasteiger partial charge in [0.1, 0.15) is 11.1 Å². The number of nitrogens with zero attached hydrogens (tertiary/aromatic N) is 1. The first-order valence-electron chi connectivity index (χ1n) is 8.36. The van der Waals surface area contributed by atoms with Gasteiger partial charge in [-0.3, -0.25) is 20.4 Å². The van der Waals surface area contributed by atoms with E-state index in [2.05, 4.69) is 10.9 Å². The molecule has 3 aromatic rings. The summed E-state index contributed by atoms with van der Waals surface area (Å²) in [5.41, 5.74) is 3.48. The van der Waals surface area contributed by atoms with Crippen molar-refractivity contribution in [3.63, 3.8) is 0 Å². The molecule has 29 heavy (non-hydrogen) atoms. The summed E-state index contributed by atoms with van der Waals surface area (Å²) in [6, 6.07) is 13.4. The number of hydrogen-bond acceptors (Lipinski definition) is 6. The number of carbonyl (C=O) groups is 2. The first-order valence-corrected chi connectivity index (χ1v) is 9.80. The molecule has 0 spiro atoms. The first-order chi connectivity index (χ1) is 13.7. The molecule has 2 amide bonds. The van der Waals surface area contributed by atoms with Gasteiger partial charge in [0.05, 0.1) is 4.90 Å². The minimum Gasteiger partial charge on any atom is -0.422 e. The molecule has 0 unspecified atom stereocenters. The molecule has 9 nitrogen and oxygen atoms in total. The molecule has 0 fully saturated rings. The second-order valence-corrected chi connectivity index (χ2v) is 8.36. The maximum Gasteiger partial charge on any atom is 0.349 e. The zero-order valence-corrected chi connectivity index (χ0v) is 16.3. The maximum absolute atomic E-state index is 12.3. The molecule has 1 heterocycles. The van der Waals surface area contributed by atoms with Crippen LogP contribution in [0.4, 0.5) is 0 Å². The molecule has 0 atom stereocenters. The summed E-state index contributed by atoms with van der Waals surface area (Å²) in [7, 11) is -0.976. The molecule has 0 aliphatic rings. The summed E-state index contributed by atoms with van der Waals surface area (Å²) in [6.45, 7) is 0. The highest BCUT2D eigenvalue weighted by molar-refractivity contribution is 7.89. The van der Waals surface area contributed by atoms with Crippen molar-refractivity contribution in [1.82, 2.24) is 15.2 Å². The summed E-state index contributed by atoms with van der Waals surface area (Å²) in [5, 5.41) is 0.546. The van der Waals surface area contributed by atoms with Crippen LogP contribution < -0.4 is 16.5 Å². The van der Waals surface area contributed by atoms with Gasteiger partial charge in [0, 0.05) is 25.0 Å². The number of fused-ring (bicyclic) bond motifs is 1. The third-order valence-corrected chi connectivity index (χ3v) is 5.86. The van der Waals surface area contributed by atoms with Crippen LogP contribution in [-0.4, -0.2) is 38.6 Å². The molecule has 0 saturated carbocycles. The quantitative estimate of drug-likeness (QED) is 0.486. The minimum atomic E-state index is -3.72. The van der Waals surface area contributed by atoms with Gasteiger partial charge >= 0.3 is 5.63 Å². The lowest BCUT2D eigenvalue weighted by Crippen LogP contribution is -2.43. The van der Waals surface area contributed by atoms with Crippen LogP contribution in [0.3, 0.4) is 0 Å². The standard InChI is InChI=1S/C19H17N3O6S/c1-22(2)29(26,27)14-8-5-7-13(10-14)17(23)20-21-18(24)15-11-12-6-3-4-9-16(12)28-19(15)25/h3-11H,1-2H3,(H,20,23)(H,21,24). The molecule has 0 radical (unpaired) electrons. The molecule has 2 aromatic carbocycles. The summed E-state index contributed by atoms with van der Waals surface area (Å²) >= 11 is 0. The third-order valence-electron chi connectivity index (χ3n) is 4.05. The largest absolute Gasteiger partial charge is 0.422 e. The number of sulfonamides is 1. The predicted octanol–water partition coefficient (Wildman–Crippen LogP) is 1.12. The molecule has 10 heteroatoms. The normalized spacial score (nSPS) is 11.4. The molecule has 150 valence electrons. The van der Waals surface area contributed by atoms with Gasteiger partial charge in [0.25, 0.3) is 11.8 Å². The van der Waals surface area contributed by atoms with Crippen molar-refractivity contribution in [3.05, 3.63) is 76.1 Å². The predicted molar refractivity (Wildman–Crippen MR) is 105 cm³/mol. The number of para-hydroxylation sites is 1. The van der Waals surface area contributed by atoms with Crippen LogP contribution in [0.2, 0.25) is 0 Å². The lowest BCUT2D eigenvalue weighted by Gasteiger charge is -2.12. The van der Waals surface area contributed by atoms with E-state index in [1.807, 2.05) is 0 Å². The second kappa shape index (κ2) is 7.86. The molecular weight excluding hydrogens is 398 g/mol. The average Bonchev–Trinajstić information content (AvgIpc) is 2.71. The number of rotatable bonds is 4. The molecule has 1 aromatic heterocycles. The minimum absolute atomic E-state index is 0.0128. The molecule has 0 bridgehead atoms. The van der Waals surface area contributed by atoms with Gasteiger partial charge in [-0.1, -0.05) is 24.3 Å². The Morgan fingerprint density at radius 3 is 2.34 bits per heavy atom. The smallest absolute Gasteiger partial charge is 0.349 e. The Labute approximate surface area is 166 Å². The zero-order valence-electron chi connectivity index (χ0n) is 15.5. The first kappa shape index (κ1) is 20.2. The highest BCUT2D eigenvalue weighted by Crippen LogP contribution is 2.15. The summed E-state index contributed by atoms with van der Waals surface area (Å²) < 4.78 is 30.5. The van der Waals surface area contributed by atoms with E-state index in [0.29, 0.717) is 11.0 Å². The Kier molecular flexibility index (Phi) is 5.48. The maximum atomic E-state index is 12.3. The fourth-order valence-corrected chi connectivity index (χ4v) is 3.43. The van der Waals surface area contributed by atoms with E-state index >= 15 is 0 Å². The fraction of sp³-hybridized carbons (Fsp3) is 0.105. The summed E-state index contributed by atoms with van der Waals surface area (Å²) in [6.07, 6.45) is 0. The van der Waals surface area contributed by atoms with E-state index in [4.69, 9.17) is 4.42 Å². The van der Waals surface area contributed by atoms with Crippen LogP contribution in [-0.2, 0) is 10.0 Å². The molecule has 0 aliphatic carbocycles. The van der Waals surface area contributed by atoms with Crippen molar-refractivity contribution in [2.45, 2.75) is 4.90 Å². The number of carbonyl (C=O) groups excluding carboxylic acids is 2. The Bertz CT molecular complexity index is 1260. The van der Waals surface area contributed by atoms with Crippen molar-refractivity contribution in [2.24, 2.45) is 0 Å². The van der Waals surface area contributed by atoms with Crippen LogP contribution in [0.25, 0.3) is 11.0 Å². The molecule has 3 rings (SSSR count). The monoisotopic (exact) mass is 415 g/mol. The van der Waals surface area contributed by atoms with Crippen LogP contribution >= 0.6 is 0 Å². The third kappa shape index (κ3) is 4.18. The topological polar surface area (TPSA) is 126 Å². The Balaban J connectivity index is 1.77. The van der Waals surface area contributed by atoms with Crippen molar-refractivity contribution in [3.8, 4) is 0 Å². The number of benzene rings is 2. The van der Waals surface area contributed by atoms with Gasteiger partial charge in [0.15, 0.2) is 0 Å². The molecule has 0 aliphatic heterocycles. The SMILES string of the molecule is CN(C)S(=O)(=O)c1cccc(C(=O)NNC(=O)c2cc3ccccc3oc2=O)c1. The number of amides is 2. The Morgan fingerprint density at radius 1 is 0.931 bits per heavy atom. The van der Waals surface area contributed by atoms with Crippen LogP contribution in [0.1, 0.15) is 20.7 Å². The van der Waals surface area contributed by atoms with Gasteiger partial charge < -0.3 is 4.42 Å². The van der Waals surface area contributed by atoms with Crippen molar-refractivity contribution < 1.29 is 22.4 Å². The van der Waals surface area contributed by atoms with Gasteiger partial charge in [-0.2, -0.15) is 0 Å². The van der Waals surface area contributed by atoms with E-state index in [1.165, 1.54) is 44.4 Å². The van der Waals surface area contributed by atoms with E-state index in [-0.39, 0.29) is 16.0 Å². The van der Waals surface area contributed by atoms with Crippen LogP contribution in [0, 0.1) is 0 Å². The van der Waals surface area contributed by atoms with E-state index < -0.39 is 27.5 Å². The number of nitrogens with one attached hydrogen (secondary N) is 2. The second-order valence-electron chi connectivity index (χ2n) is 6.21. The summed E-state index contributed by atoms with van der Waals surface area (Å²) in [5.74, 6) is -1.62. The van der Waals surface area contributed by atoms with Crippen molar-refractivity contribution in [2.75, 3.05) is 14.1 Å². The Morgan fingerprint density at radius 2 is 1.62 bits per heavy atom. The lowest BCUT2D eigenvalue weighted by molar-refractivity contribution is 0.0844. The van der Waals surface area contributed by atoms with Gasteiger partial charge in [0.2, 0.25) is 10.0 Å². The number of hydrazine groups is 1. The molecule has 0 saturated heterocycles. The van der Waals surface area contributed by atoms with E-state index in [1.54, 1.807) is 24.3 Å². The van der Waals surface area contributed by atoms with E-state index in [0.717, 1.165) is 4.31 Å². The molecule has 2 N–H and O–H groups in total. The highest BCUT2D eigenvalue weighted by atomic mass is 32.2. The molecular formula is C19H17N3O6S.